The maximum Gasteiger partial charge on any atom is 0.268 e. The summed E-state index contributed by atoms with van der Waals surface area (Å²) >= 11 is 1.36. The lowest BCUT2D eigenvalue weighted by Gasteiger charge is -2.36. The normalized spacial score (nSPS) is 16.3. The molecular weight excluding hydrogens is 394 g/mol. The molecule has 1 atom stereocenters. The van der Waals surface area contributed by atoms with Gasteiger partial charge in [-0.3, -0.25) is 4.79 Å². The maximum absolute atomic E-state index is 13.0. The predicted octanol–water partition coefficient (Wildman–Crippen LogP) is 5.68. The molecule has 0 spiro atoms. The molecule has 0 bridgehead atoms. The zero-order valence-electron chi connectivity index (χ0n) is 18.0. The number of hydrogen-bond donors (Lipinski definition) is 2. The number of para-hydroxylation sites is 2. The second kappa shape index (κ2) is 7.91. The summed E-state index contributed by atoms with van der Waals surface area (Å²) in [6, 6.07) is 9.52. The van der Waals surface area contributed by atoms with Gasteiger partial charge in [-0.15, -0.1) is 11.3 Å². The van der Waals surface area contributed by atoms with Gasteiger partial charge in [0.15, 0.2) is 0 Å². The van der Waals surface area contributed by atoms with Gasteiger partial charge in [-0.05, 0) is 54.4 Å². The molecule has 1 aliphatic rings. The van der Waals surface area contributed by atoms with Crippen LogP contribution in [0.1, 0.15) is 54.5 Å². The first-order valence-electron chi connectivity index (χ1n) is 10.5. The Labute approximate surface area is 181 Å². The van der Waals surface area contributed by atoms with Crippen molar-refractivity contribution in [3.05, 3.63) is 46.5 Å². The molecule has 1 aromatic carbocycles. The number of aryl methyl sites for hydroxylation is 1. The Hall–Kier alpha value is -2.60. The van der Waals surface area contributed by atoms with E-state index in [-0.39, 0.29) is 5.91 Å². The number of fused-ring (bicyclic) bond motifs is 2. The van der Waals surface area contributed by atoms with Crippen LogP contribution >= 0.6 is 11.3 Å². The summed E-state index contributed by atoms with van der Waals surface area (Å²) in [5.41, 5.74) is 10.3. The molecule has 0 fully saturated rings. The summed E-state index contributed by atoms with van der Waals surface area (Å²) in [4.78, 5) is 19.2. The molecule has 0 saturated carbocycles. The van der Waals surface area contributed by atoms with Gasteiger partial charge in [0.25, 0.3) is 5.91 Å². The number of rotatable bonds is 5. The van der Waals surface area contributed by atoms with E-state index in [0.717, 1.165) is 41.6 Å². The quantitative estimate of drug-likeness (QED) is 0.553. The van der Waals surface area contributed by atoms with E-state index in [1.165, 1.54) is 16.9 Å². The minimum Gasteiger partial charge on any atom is -0.495 e. The molecule has 158 valence electrons. The van der Waals surface area contributed by atoms with E-state index in [2.05, 4.69) is 32.2 Å². The molecule has 1 unspecified atom stereocenters. The highest BCUT2D eigenvalue weighted by molar-refractivity contribution is 7.21. The molecule has 30 heavy (non-hydrogen) atoms. The van der Waals surface area contributed by atoms with Crippen LogP contribution in [0, 0.1) is 11.3 Å². The Morgan fingerprint density at radius 2 is 2.13 bits per heavy atom. The van der Waals surface area contributed by atoms with E-state index >= 15 is 0 Å². The molecule has 4 rings (SSSR count). The van der Waals surface area contributed by atoms with Crippen LogP contribution in [0.3, 0.4) is 0 Å². The van der Waals surface area contributed by atoms with Gasteiger partial charge in [-0.2, -0.15) is 0 Å². The van der Waals surface area contributed by atoms with Crippen molar-refractivity contribution in [2.24, 2.45) is 11.3 Å². The fraction of sp³-hybridized carbons (Fsp3) is 0.417. The molecule has 3 aromatic rings. The lowest BCUT2D eigenvalue weighted by Crippen LogP contribution is -2.29. The van der Waals surface area contributed by atoms with E-state index < -0.39 is 0 Å². The third-order valence-electron chi connectivity index (χ3n) is 6.66. The Bertz CT molecular complexity index is 1100. The third kappa shape index (κ3) is 3.65. The Morgan fingerprint density at radius 1 is 1.37 bits per heavy atom. The number of pyridine rings is 1. The Balaban J connectivity index is 1.66. The van der Waals surface area contributed by atoms with E-state index in [1.54, 1.807) is 7.11 Å². The minimum atomic E-state index is -0.233. The summed E-state index contributed by atoms with van der Waals surface area (Å²) < 4.78 is 5.33. The molecule has 5 nitrogen and oxygen atoms in total. The lowest BCUT2D eigenvalue weighted by molar-refractivity contribution is 0.103. The van der Waals surface area contributed by atoms with E-state index in [4.69, 9.17) is 15.5 Å². The fourth-order valence-electron chi connectivity index (χ4n) is 4.24. The van der Waals surface area contributed by atoms with Gasteiger partial charge in [0.2, 0.25) is 0 Å². The number of hydrogen-bond acceptors (Lipinski definition) is 5. The number of carbonyl (C=O) groups excluding carboxylic acids is 1. The average Bonchev–Trinajstić information content (AvgIpc) is 3.07. The number of nitrogens with one attached hydrogen (secondary N) is 1. The van der Waals surface area contributed by atoms with Crippen molar-refractivity contribution in [3.63, 3.8) is 0 Å². The number of ether oxygens (including phenoxy) is 1. The zero-order chi connectivity index (χ0) is 21.5. The van der Waals surface area contributed by atoms with Crippen molar-refractivity contribution < 1.29 is 9.53 Å². The van der Waals surface area contributed by atoms with Gasteiger partial charge in [0.05, 0.1) is 18.5 Å². The number of anilines is 2. The number of thiophene rings is 1. The van der Waals surface area contributed by atoms with Crippen LogP contribution in [-0.2, 0) is 12.8 Å². The number of nitrogens with two attached hydrogens (primary N) is 1. The Morgan fingerprint density at radius 3 is 2.87 bits per heavy atom. The summed E-state index contributed by atoms with van der Waals surface area (Å²) in [7, 11) is 1.58. The molecule has 0 radical (unpaired) electrons. The molecule has 2 aromatic heterocycles. The van der Waals surface area contributed by atoms with Crippen molar-refractivity contribution in [2.75, 3.05) is 18.2 Å². The topological polar surface area (TPSA) is 77.2 Å². The smallest absolute Gasteiger partial charge is 0.268 e. The van der Waals surface area contributed by atoms with Crippen LogP contribution in [0.4, 0.5) is 11.4 Å². The van der Waals surface area contributed by atoms with Gasteiger partial charge in [-0.1, -0.05) is 39.3 Å². The van der Waals surface area contributed by atoms with Gasteiger partial charge in [0, 0.05) is 11.1 Å². The number of nitrogen functional groups attached to an aromatic ring is 1. The largest absolute Gasteiger partial charge is 0.495 e. The SMILES string of the molecule is CCC(C)(C)C1CCc2nc3sc(C(=O)Nc4ccccc4OC)c(N)c3cc2C1. The summed E-state index contributed by atoms with van der Waals surface area (Å²) in [5.74, 6) is 1.02. The van der Waals surface area contributed by atoms with Crippen LogP contribution in [0.5, 0.6) is 5.75 Å². The first-order chi connectivity index (χ1) is 14.3. The third-order valence-corrected chi connectivity index (χ3v) is 7.78. The standard InChI is InChI=1S/C24H29N3O2S/c1-5-24(2,3)15-10-11-17-14(12-15)13-16-20(25)21(30-23(16)27-17)22(28)26-18-8-6-7-9-19(18)29-4/h6-9,13,15H,5,10-12,25H2,1-4H3,(H,26,28). The maximum atomic E-state index is 13.0. The second-order valence-electron chi connectivity index (χ2n) is 8.73. The highest BCUT2D eigenvalue weighted by Gasteiger charge is 2.32. The highest BCUT2D eigenvalue weighted by Crippen LogP contribution is 2.42. The molecule has 2 heterocycles. The number of nitrogens with zero attached hydrogens (tertiary/aromatic N) is 1. The molecule has 1 aliphatic carbocycles. The molecule has 3 N–H and O–H groups in total. The van der Waals surface area contributed by atoms with Crippen molar-refractivity contribution in [3.8, 4) is 5.75 Å². The molecule has 1 amide bonds. The number of carbonyl (C=O) groups is 1. The van der Waals surface area contributed by atoms with Crippen LogP contribution in [0.15, 0.2) is 30.3 Å². The summed E-state index contributed by atoms with van der Waals surface area (Å²) in [5, 5.41) is 3.81. The number of amides is 1. The summed E-state index contributed by atoms with van der Waals surface area (Å²) in [6.07, 6.45) is 4.34. The van der Waals surface area contributed by atoms with Gasteiger partial charge < -0.3 is 15.8 Å². The number of aromatic nitrogens is 1. The van der Waals surface area contributed by atoms with Gasteiger partial charge in [-0.25, -0.2) is 4.98 Å². The lowest BCUT2D eigenvalue weighted by atomic mass is 9.69. The van der Waals surface area contributed by atoms with Crippen molar-refractivity contribution >= 4 is 38.8 Å². The number of benzene rings is 1. The fourth-order valence-corrected chi connectivity index (χ4v) is 5.23. The van der Waals surface area contributed by atoms with Crippen molar-refractivity contribution in [2.45, 2.75) is 46.5 Å². The summed E-state index contributed by atoms with van der Waals surface area (Å²) in [6.45, 7) is 6.97. The minimum absolute atomic E-state index is 0.233. The molecule has 0 saturated heterocycles. The Kier molecular flexibility index (Phi) is 5.45. The van der Waals surface area contributed by atoms with Gasteiger partial charge >= 0.3 is 0 Å². The molecule has 6 heteroatoms. The van der Waals surface area contributed by atoms with E-state index in [0.29, 0.717) is 33.3 Å². The van der Waals surface area contributed by atoms with Crippen molar-refractivity contribution in [1.82, 2.24) is 4.98 Å². The van der Waals surface area contributed by atoms with Crippen molar-refractivity contribution in [1.29, 1.82) is 0 Å². The average molecular weight is 424 g/mol. The second-order valence-corrected chi connectivity index (χ2v) is 9.73. The van der Waals surface area contributed by atoms with E-state index in [9.17, 15) is 4.79 Å². The predicted molar refractivity (Wildman–Crippen MR) is 125 cm³/mol. The van der Waals surface area contributed by atoms with Gasteiger partial charge in [0.1, 0.15) is 15.5 Å². The number of methoxy groups -OCH3 is 1. The highest BCUT2D eigenvalue weighted by atomic mass is 32.1. The molecule has 0 aliphatic heterocycles. The first kappa shape index (κ1) is 20.7. The monoisotopic (exact) mass is 423 g/mol. The van der Waals surface area contributed by atoms with Crippen LogP contribution in [-0.4, -0.2) is 18.0 Å². The van der Waals surface area contributed by atoms with Crippen LogP contribution in [0.25, 0.3) is 10.2 Å². The molecular formula is C24H29N3O2S. The first-order valence-corrected chi connectivity index (χ1v) is 11.3. The zero-order valence-corrected chi connectivity index (χ0v) is 18.9. The van der Waals surface area contributed by atoms with Crippen LogP contribution < -0.4 is 15.8 Å². The van der Waals surface area contributed by atoms with E-state index in [1.807, 2.05) is 24.3 Å². The van der Waals surface area contributed by atoms with Crippen LogP contribution in [0.2, 0.25) is 0 Å².